The summed E-state index contributed by atoms with van der Waals surface area (Å²) < 4.78 is 1.10. The number of carboxylic acid groups (broad SMARTS) is 1. The van der Waals surface area contributed by atoms with Crippen LogP contribution in [0.3, 0.4) is 0 Å². The van der Waals surface area contributed by atoms with E-state index >= 15 is 0 Å². The SMILES string of the molecule is CCn1c(O)c(/C=C2\N=C(C)C(C(=O)O)=C2C)c(C)c(C#N)c1=O. The fraction of sp³-hybridized carbons (Fsp3) is 0.294. The molecule has 1 aromatic rings. The lowest BCUT2D eigenvalue weighted by atomic mass is 10.0. The Kier molecular flexibility index (Phi) is 4.42. The summed E-state index contributed by atoms with van der Waals surface area (Å²) in [6, 6.07) is 1.86. The topological polar surface area (TPSA) is 116 Å². The van der Waals surface area contributed by atoms with Crippen molar-refractivity contribution in [2.24, 2.45) is 4.99 Å². The van der Waals surface area contributed by atoms with Crippen molar-refractivity contribution in [3.63, 3.8) is 0 Å². The monoisotopic (exact) mass is 327 g/mol. The van der Waals surface area contributed by atoms with Crippen molar-refractivity contribution in [2.45, 2.75) is 34.2 Å². The van der Waals surface area contributed by atoms with Crippen molar-refractivity contribution in [1.29, 1.82) is 5.26 Å². The normalized spacial score (nSPS) is 15.6. The summed E-state index contributed by atoms with van der Waals surface area (Å²) in [7, 11) is 0. The number of hydrogen-bond donors (Lipinski definition) is 2. The predicted octanol–water partition coefficient (Wildman–Crippen LogP) is 1.97. The van der Waals surface area contributed by atoms with Crippen LogP contribution in [-0.2, 0) is 11.3 Å². The predicted molar refractivity (Wildman–Crippen MR) is 88.9 cm³/mol. The average Bonchev–Trinajstić information content (AvgIpc) is 2.78. The zero-order chi connectivity index (χ0) is 18.2. The molecule has 0 atom stereocenters. The van der Waals surface area contributed by atoms with Gasteiger partial charge >= 0.3 is 5.97 Å². The Morgan fingerprint density at radius 1 is 1.38 bits per heavy atom. The second kappa shape index (κ2) is 6.16. The molecule has 124 valence electrons. The molecule has 0 amide bonds. The number of aromatic hydroxyl groups is 1. The summed E-state index contributed by atoms with van der Waals surface area (Å²) in [5.74, 6) is -1.34. The van der Waals surface area contributed by atoms with Gasteiger partial charge in [-0.25, -0.2) is 4.79 Å². The lowest BCUT2D eigenvalue weighted by Crippen LogP contribution is -2.24. The van der Waals surface area contributed by atoms with Gasteiger partial charge in [0, 0.05) is 12.1 Å². The van der Waals surface area contributed by atoms with Gasteiger partial charge < -0.3 is 10.2 Å². The Hall–Kier alpha value is -3.14. The zero-order valence-corrected chi connectivity index (χ0v) is 13.8. The molecule has 0 fully saturated rings. The van der Waals surface area contributed by atoms with Gasteiger partial charge in [-0.3, -0.25) is 14.4 Å². The minimum Gasteiger partial charge on any atom is -0.494 e. The van der Waals surface area contributed by atoms with Gasteiger partial charge in [0.1, 0.15) is 11.6 Å². The maximum absolute atomic E-state index is 12.2. The van der Waals surface area contributed by atoms with Gasteiger partial charge in [0.15, 0.2) is 0 Å². The molecular weight excluding hydrogens is 310 g/mol. The van der Waals surface area contributed by atoms with Gasteiger partial charge in [-0.1, -0.05) is 0 Å². The number of aliphatic imine (C=N–C) groups is 1. The number of allylic oxidation sites excluding steroid dienone is 1. The fourth-order valence-electron chi connectivity index (χ4n) is 2.75. The quantitative estimate of drug-likeness (QED) is 0.880. The molecule has 1 aromatic heterocycles. The number of nitrogens with zero attached hydrogens (tertiary/aromatic N) is 3. The average molecular weight is 327 g/mol. The molecule has 0 bridgehead atoms. The van der Waals surface area contributed by atoms with E-state index in [9.17, 15) is 25.1 Å². The first kappa shape index (κ1) is 17.2. The molecule has 0 saturated heterocycles. The molecule has 0 saturated carbocycles. The van der Waals surface area contributed by atoms with E-state index in [-0.39, 0.29) is 29.1 Å². The highest BCUT2D eigenvalue weighted by Gasteiger charge is 2.24. The van der Waals surface area contributed by atoms with E-state index < -0.39 is 11.5 Å². The Labute approximate surface area is 138 Å². The van der Waals surface area contributed by atoms with Crippen LogP contribution < -0.4 is 5.56 Å². The minimum atomic E-state index is -1.07. The number of carboxylic acids is 1. The Morgan fingerprint density at radius 2 is 2.00 bits per heavy atom. The fourth-order valence-corrected chi connectivity index (χ4v) is 2.75. The molecule has 0 aromatic carbocycles. The molecule has 2 rings (SSSR count). The van der Waals surface area contributed by atoms with Gasteiger partial charge in [-0.05, 0) is 44.9 Å². The second-order valence-corrected chi connectivity index (χ2v) is 5.43. The highest BCUT2D eigenvalue weighted by Crippen LogP contribution is 2.31. The summed E-state index contributed by atoms with van der Waals surface area (Å²) in [5, 5.41) is 28.9. The van der Waals surface area contributed by atoms with E-state index in [1.54, 1.807) is 27.7 Å². The van der Waals surface area contributed by atoms with Gasteiger partial charge in [-0.15, -0.1) is 0 Å². The number of hydrogen-bond acceptors (Lipinski definition) is 5. The van der Waals surface area contributed by atoms with Crippen molar-refractivity contribution >= 4 is 17.8 Å². The van der Waals surface area contributed by atoms with Crippen LogP contribution in [0.25, 0.3) is 6.08 Å². The van der Waals surface area contributed by atoms with Crippen LogP contribution in [-0.4, -0.2) is 26.5 Å². The van der Waals surface area contributed by atoms with Crippen LogP contribution in [0.15, 0.2) is 26.6 Å². The first-order valence-corrected chi connectivity index (χ1v) is 7.32. The van der Waals surface area contributed by atoms with Gasteiger partial charge in [0.25, 0.3) is 5.56 Å². The molecule has 0 spiro atoms. The van der Waals surface area contributed by atoms with Crippen LogP contribution >= 0.6 is 0 Å². The number of aliphatic carboxylic acids is 1. The number of carbonyl (C=O) groups is 1. The third kappa shape index (κ3) is 2.52. The van der Waals surface area contributed by atoms with Crippen LogP contribution in [0, 0.1) is 18.3 Å². The van der Waals surface area contributed by atoms with Crippen LogP contribution in [0.4, 0.5) is 0 Å². The molecular formula is C17H17N3O4. The lowest BCUT2D eigenvalue weighted by Gasteiger charge is -2.13. The van der Waals surface area contributed by atoms with Gasteiger partial charge in [-0.2, -0.15) is 5.26 Å². The van der Waals surface area contributed by atoms with E-state index in [0.717, 1.165) is 4.57 Å². The molecule has 0 unspecified atom stereocenters. The highest BCUT2D eigenvalue weighted by atomic mass is 16.4. The summed E-state index contributed by atoms with van der Waals surface area (Å²) >= 11 is 0. The third-order valence-electron chi connectivity index (χ3n) is 4.07. The molecule has 1 aliphatic heterocycles. The van der Waals surface area contributed by atoms with Crippen LogP contribution in [0.5, 0.6) is 5.88 Å². The van der Waals surface area contributed by atoms with Crippen molar-refractivity contribution in [3.05, 3.63) is 43.9 Å². The standard InChI is InChI=1S/C17H17N3O4/c1-5-20-15(21)11(8(2)12(7-18)16(20)22)6-13-9(3)14(17(23)24)10(4)19-13/h6,21H,5H2,1-4H3,(H,23,24)/b13-6-. The minimum absolute atomic E-state index is 0.0553. The summed E-state index contributed by atoms with van der Waals surface area (Å²) in [6.07, 6.45) is 1.51. The first-order chi connectivity index (χ1) is 11.2. The summed E-state index contributed by atoms with van der Waals surface area (Å²) in [6.45, 7) is 6.67. The van der Waals surface area contributed by atoms with E-state index in [1.165, 1.54) is 6.08 Å². The zero-order valence-electron chi connectivity index (χ0n) is 13.8. The van der Waals surface area contributed by atoms with Crippen LogP contribution in [0.2, 0.25) is 0 Å². The molecule has 0 radical (unpaired) electrons. The molecule has 2 N–H and O–H groups in total. The van der Waals surface area contributed by atoms with E-state index in [0.29, 0.717) is 22.5 Å². The van der Waals surface area contributed by atoms with Crippen molar-refractivity contribution in [2.75, 3.05) is 0 Å². The largest absolute Gasteiger partial charge is 0.494 e. The number of pyridine rings is 1. The van der Waals surface area contributed by atoms with Crippen LogP contribution in [0.1, 0.15) is 37.5 Å². The molecule has 7 heteroatoms. The van der Waals surface area contributed by atoms with E-state index in [4.69, 9.17) is 0 Å². The molecule has 2 heterocycles. The Morgan fingerprint density at radius 3 is 2.46 bits per heavy atom. The smallest absolute Gasteiger partial charge is 0.337 e. The Balaban J connectivity index is 2.79. The van der Waals surface area contributed by atoms with Gasteiger partial charge in [0.05, 0.1) is 17.0 Å². The molecule has 0 aliphatic carbocycles. The number of rotatable bonds is 3. The molecule has 24 heavy (non-hydrogen) atoms. The second-order valence-electron chi connectivity index (χ2n) is 5.43. The maximum atomic E-state index is 12.2. The molecule has 7 nitrogen and oxygen atoms in total. The first-order valence-electron chi connectivity index (χ1n) is 7.32. The summed E-state index contributed by atoms with van der Waals surface area (Å²) in [4.78, 5) is 27.7. The number of aromatic nitrogens is 1. The summed E-state index contributed by atoms with van der Waals surface area (Å²) in [5.41, 5.74) is 1.34. The van der Waals surface area contributed by atoms with E-state index in [2.05, 4.69) is 4.99 Å². The number of nitriles is 1. The highest BCUT2D eigenvalue weighted by molar-refractivity contribution is 6.21. The molecule has 1 aliphatic rings. The van der Waals surface area contributed by atoms with Crippen molar-refractivity contribution in [1.82, 2.24) is 4.57 Å². The third-order valence-corrected chi connectivity index (χ3v) is 4.07. The van der Waals surface area contributed by atoms with Crippen molar-refractivity contribution < 1.29 is 15.0 Å². The lowest BCUT2D eigenvalue weighted by molar-refractivity contribution is -0.132. The Bertz CT molecular complexity index is 940. The maximum Gasteiger partial charge on any atom is 0.337 e. The van der Waals surface area contributed by atoms with Gasteiger partial charge in [0.2, 0.25) is 5.88 Å². The van der Waals surface area contributed by atoms with E-state index in [1.807, 2.05) is 6.07 Å². The van der Waals surface area contributed by atoms with Crippen molar-refractivity contribution in [3.8, 4) is 11.9 Å².